The van der Waals surface area contributed by atoms with Crippen LogP contribution in [-0.4, -0.2) is 32.2 Å². The number of nitrogens with zero attached hydrogens (tertiary/aromatic N) is 1. The van der Waals surface area contributed by atoms with Gasteiger partial charge < -0.3 is 11.1 Å². The van der Waals surface area contributed by atoms with Crippen molar-refractivity contribution in [2.24, 2.45) is 21.8 Å². The van der Waals surface area contributed by atoms with Gasteiger partial charge >= 0.3 is 0 Å². The molecule has 0 radical (unpaired) electrons. The average Bonchev–Trinajstić information content (AvgIpc) is 2.71. The van der Waals surface area contributed by atoms with Crippen molar-refractivity contribution in [2.45, 2.75) is 44.2 Å². The number of carbonyl (C=O) groups is 2. The zero-order chi connectivity index (χ0) is 23.7. The van der Waals surface area contributed by atoms with E-state index in [2.05, 4.69) is 15.6 Å². The summed E-state index contributed by atoms with van der Waals surface area (Å²) in [5.41, 5.74) is 7.45. The summed E-state index contributed by atoms with van der Waals surface area (Å²) in [6, 6.07) is 14.3. The molecule has 0 spiro atoms. The molecule has 0 aliphatic rings. The molecule has 0 saturated carbocycles. The van der Waals surface area contributed by atoms with E-state index in [1.165, 1.54) is 12.1 Å². The van der Waals surface area contributed by atoms with Crippen LogP contribution in [0.25, 0.3) is 0 Å². The highest BCUT2D eigenvalue weighted by molar-refractivity contribution is 7.89. The Bertz CT molecular complexity index is 1050. The minimum absolute atomic E-state index is 0.0101. The summed E-state index contributed by atoms with van der Waals surface area (Å²) in [6.07, 6.45) is 0.581. The summed E-state index contributed by atoms with van der Waals surface area (Å²) in [6.45, 7) is 3.98. The Morgan fingerprint density at radius 3 is 2.19 bits per heavy atom. The van der Waals surface area contributed by atoms with Crippen LogP contribution in [0.15, 0.2) is 64.5 Å². The number of nitrogens with two attached hydrogens (primary N) is 2. The average molecular weight is 460 g/mol. The molecule has 0 fully saturated rings. The van der Waals surface area contributed by atoms with E-state index in [9.17, 15) is 18.0 Å². The van der Waals surface area contributed by atoms with Gasteiger partial charge in [0.25, 0.3) is 0 Å². The van der Waals surface area contributed by atoms with Crippen LogP contribution >= 0.6 is 0 Å². The minimum Gasteiger partial charge on any atom is -0.370 e. The fourth-order valence-corrected chi connectivity index (χ4v) is 3.42. The fourth-order valence-electron chi connectivity index (χ4n) is 2.90. The van der Waals surface area contributed by atoms with Crippen molar-refractivity contribution in [3.05, 3.63) is 65.7 Å². The first kappa shape index (κ1) is 25.0. The van der Waals surface area contributed by atoms with Crippen molar-refractivity contribution in [3.8, 4) is 0 Å². The highest BCUT2D eigenvalue weighted by atomic mass is 32.2. The van der Waals surface area contributed by atoms with Gasteiger partial charge in [-0.2, -0.15) is 0 Å². The van der Waals surface area contributed by atoms with Gasteiger partial charge in [0.15, 0.2) is 5.96 Å². The lowest BCUT2D eigenvalue weighted by atomic mass is 10.1. The third-order valence-corrected chi connectivity index (χ3v) is 5.38. The molecule has 0 aliphatic heterocycles. The van der Waals surface area contributed by atoms with Crippen LogP contribution in [0.3, 0.4) is 0 Å². The summed E-state index contributed by atoms with van der Waals surface area (Å²) < 4.78 is 22.7. The van der Waals surface area contributed by atoms with Gasteiger partial charge in [-0.05, 0) is 29.2 Å². The molecule has 0 heterocycles. The number of hydrogen-bond donors (Lipinski definition) is 4. The molecule has 2 amide bonds. The third-order valence-electron chi connectivity index (χ3n) is 4.45. The third kappa shape index (κ3) is 8.48. The Morgan fingerprint density at radius 1 is 1.00 bits per heavy atom. The molecule has 2 rings (SSSR count). The second-order valence-electron chi connectivity index (χ2n) is 7.77. The lowest BCUT2D eigenvalue weighted by Gasteiger charge is -2.15. The van der Waals surface area contributed by atoms with Gasteiger partial charge in [-0.25, -0.2) is 18.5 Å². The molecular formula is C22H29N5O4S. The summed E-state index contributed by atoms with van der Waals surface area (Å²) in [4.78, 5) is 29.0. The first-order chi connectivity index (χ1) is 15.0. The number of amides is 2. The van der Waals surface area contributed by atoms with E-state index in [4.69, 9.17) is 10.9 Å². The summed E-state index contributed by atoms with van der Waals surface area (Å²) in [5, 5.41) is 10.4. The summed E-state index contributed by atoms with van der Waals surface area (Å²) in [5.74, 6) is -0.614. The van der Waals surface area contributed by atoms with Crippen molar-refractivity contribution < 1.29 is 18.0 Å². The predicted octanol–water partition coefficient (Wildman–Crippen LogP) is 1.04. The van der Waals surface area contributed by atoms with Crippen LogP contribution in [-0.2, 0) is 32.6 Å². The topological polar surface area (TPSA) is 157 Å². The minimum atomic E-state index is -3.78. The molecule has 1 atom stereocenters. The number of carbonyl (C=O) groups excluding carboxylic acids is 2. The quantitative estimate of drug-likeness (QED) is 0.325. The summed E-state index contributed by atoms with van der Waals surface area (Å²) in [7, 11) is -3.78. The van der Waals surface area contributed by atoms with Crippen LogP contribution in [0.5, 0.6) is 0 Å². The van der Waals surface area contributed by atoms with Gasteiger partial charge in [0, 0.05) is 19.4 Å². The first-order valence-corrected chi connectivity index (χ1v) is 11.7. The highest BCUT2D eigenvalue weighted by Gasteiger charge is 2.19. The van der Waals surface area contributed by atoms with Crippen molar-refractivity contribution in [3.63, 3.8) is 0 Å². The predicted molar refractivity (Wildman–Crippen MR) is 123 cm³/mol. The van der Waals surface area contributed by atoms with Crippen molar-refractivity contribution in [1.29, 1.82) is 0 Å². The van der Waals surface area contributed by atoms with Gasteiger partial charge in [0.1, 0.15) is 6.04 Å². The Kier molecular flexibility index (Phi) is 8.91. The second-order valence-corrected chi connectivity index (χ2v) is 9.33. The van der Waals surface area contributed by atoms with Gasteiger partial charge in [-0.15, -0.1) is 0 Å². The van der Waals surface area contributed by atoms with Gasteiger partial charge in [0.2, 0.25) is 21.8 Å². The van der Waals surface area contributed by atoms with Gasteiger partial charge in [-0.3, -0.25) is 14.9 Å². The van der Waals surface area contributed by atoms with Crippen LogP contribution in [0.1, 0.15) is 31.4 Å². The fraction of sp³-hybridized carbons (Fsp3) is 0.318. The SMILES string of the molecule is CC(C)CC(=O)NC(N)=N[C@H](Cc1ccccc1)C(=O)NCc1ccc(S(N)(=O)=O)cc1. The Balaban J connectivity index is 2.11. The van der Waals surface area contributed by atoms with Gasteiger partial charge in [-0.1, -0.05) is 56.3 Å². The number of benzene rings is 2. The van der Waals surface area contributed by atoms with E-state index in [1.54, 1.807) is 12.1 Å². The van der Waals surface area contributed by atoms with Crippen molar-refractivity contribution in [1.82, 2.24) is 10.6 Å². The van der Waals surface area contributed by atoms with Crippen molar-refractivity contribution >= 4 is 27.8 Å². The molecule has 10 heteroatoms. The van der Waals surface area contributed by atoms with E-state index < -0.39 is 16.1 Å². The molecule has 0 bridgehead atoms. The van der Waals surface area contributed by atoms with E-state index in [0.717, 1.165) is 5.56 Å². The number of hydrogen-bond acceptors (Lipinski definition) is 5. The number of guanidine groups is 1. The maximum Gasteiger partial charge on any atom is 0.245 e. The number of nitrogens with one attached hydrogen (secondary N) is 2. The second kappa shape index (κ2) is 11.4. The normalized spacial score (nSPS) is 12.9. The molecule has 2 aromatic rings. The molecule has 172 valence electrons. The largest absolute Gasteiger partial charge is 0.370 e. The van der Waals surface area contributed by atoms with Crippen LogP contribution in [0.2, 0.25) is 0 Å². The van der Waals surface area contributed by atoms with E-state index in [0.29, 0.717) is 12.0 Å². The molecular weight excluding hydrogens is 430 g/mol. The molecule has 2 aromatic carbocycles. The first-order valence-electron chi connectivity index (χ1n) is 10.1. The molecule has 0 saturated heterocycles. The molecule has 0 aromatic heterocycles. The molecule has 6 N–H and O–H groups in total. The lowest BCUT2D eigenvalue weighted by Crippen LogP contribution is -2.41. The monoisotopic (exact) mass is 459 g/mol. The van der Waals surface area contributed by atoms with Crippen LogP contribution in [0.4, 0.5) is 0 Å². The zero-order valence-corrected chi connectivity index (χ0v) is 18.9. The number of primary sulfonamides is 1. The zero-order valence-electron chi connectivity index (χ0n) is 18.1. The summed E-state index contributed by atoms with van der Waals surface area (Å²) >= 11 is 0. The number of rotatable bonds is 9. The van der Waals surface area contributed by atoms with Crippen molar-refractivity contribution in [2.75, 3.05) is 0 Å². The smallest absolute Gasteiger partial charge is 0.245 e. The maximum absolute atomic E-state index is 12.8. The number of sulfonamides is 1. The van der Waals surface area contributed by atoms with E-state index in [1.807, 2.05) is 44.2 Å². The van der Waals surface area contributed by atoms with Crippen LogP contribution < -0.4 is 21.5 Å². The Morgan fingerprint density at radius 2 is 1.62 bits per heavy atom. The number of aliphatic imine (C=N–C) groups is 1. The molecule has 9 nitrogen and oxygen atoms in total. The van der Waals surface area contributed by atoms with Crippen LogP contribution in [0, 0.1) is 5.92 Å². The molecule has 32 heavy (non-hydrogen) atoms. The lowest BCUT2D eigenvalue weighted by molar-refractivity contribution is -0.123. The standard InChI is InChI=1S/C22H29N5O4S/c1-15(2)12-20(28)27-22(23)26-19(13-16-6-4-3-5-7-16)21(29)25-14-17-8-10-18(11-9-17)32(24,30)31/h3-11,15,19H,12-14H2,1-2H3,(H,25,29)(H2,24,30,31)(H3,23,26,27,28)/t19-/m1/s1. The Hall–Kier alpha value is -3.24. The van der Waals surface area contributed by atoms with Gasteiger partial charge in [0.05, 0.1) is 4.90 Å². The van der Waals surface area contributed by atoms with E-state index in [-0.39, 0.29) is 41.6 Å². The highest BCUT2D eigenvalue weighted by Crippen LogP contribution is 2.10. The molecule has 0 unspecified atom stereocenters. The maximum atomic E-state index is 12.8. The van der Waals surface area contributed by atoms with E-state index >= 15 is 0 Å². The molecule has 0 aliphatic carbocycles. The Labute approximate surface area is 188 Å².